The van der Waals surface area contributed by atoms with Gasteiger partial charge >= 0.3 is 11.9 Å². The molecule has 0 saturated heterocycles. The summed E-state index contributed by atoms with van der Waals surface area (Å²) in [4.78, 5) is 26.0. The number of hydrogen-bond donors (Lipinski definition) is 0. The van der Waals surface area contributed by atoms with Gasteiger partial charge in [0.25, 0.3) is 0 Å². The van der Waals surface area contributed by atoms with Gasteiger partial charge in [0.2, 0.25) is 0 Å². The van der Waals surface area contributed by atoms with Gasteiger partial charge in [-0.3, -0.25) is 0 Å². The van der Waals surface area contributed by atoms with E-state index < -0.39 is 11.9 Å². The van der Waals surface area contributed by atoms with Crippen molar-refractivity contribution < 1.29 is 28.5 Å². The predicted molar refractivity (Wildman–Crippen MR) is 138 cm³/mol. The fourth-order valence-corrected chi connectivity index (χ4v) is 4.20. The van der Waals surface area contributed by atoms with Crippen molar-refractivity contribution in [2.45, 2.75) is 27.7 Å². The highest BCUT2D eigenvalue weighted by Crippen LogP contribution is 2.33. The van der Waals surface area contributed by atoms with Crippen LogP contribution < -0.4 is 14.2 Å². The molecule has 7 nitrogen and oxygen atoms in total. The summed E-state index contributed by atoms with van der Waals surface area (Å²) in [6, 6.07) is 20.0. The van der Waals surface area contributed by atoms with Crippen LogP contribution >= 0.6 is 0 Å². The molecule has 3 aromatic carbocycles. The van der Waals surface area contributed by atoms with E-state index in [9.17, 15) is 9.59 Å². The Morgan fingerprint density at radius 1 is 0.778 bits per heavy atom. The van der Waals surface area contributed by atoms with E-state index in [2.05, 4.69) is 0 Å². The van der Waals surface area contributed by atoms with Crippen LogP contribution in [0.1, 0.15) is 47.2 Å². The number of hydrogen-bond acceptors (Lipinski definition) is 6. The molecule has 0 bridgehead atoms. The summed E-state index contributed by atoms with van der Waals surface area (Å²) in [5.74, 6) is 0.296. The summed E-state index contributed by atoms with van der Waals surface area (Å²) in [6.07, 6.45) is 0. The van der Waals surface area contributed by atoms with Crippen molar-refractivity contribution in [1.29, 1.82) is 0 Å². The number of carbonyl (C=O) groups is 2. The first-order chi connectivity index (χ1) is 17.5. The highest BCUT2D eigenvalue weighted by Gasteiger charge is 2.23. The first kappa shape index (κ1) is 24.9. The van der Waals surface area contributed by atoms with Crippen LogP contribution in [-0.4, -0.2) is 36.3 Å². The highest BCUT2D eigenvalue weighted by molar-refractivity contribution is 6.07. The van der Waals surface area contributed by atoms with Gasteiger partial charge in [-0.15, -0.1) is 0 Å². The Labute approximate surface area is 210 Å². The molecular formula is C29H29NO6. The maximum atomic E-state index is 13.1. The molecule has 0 N–H and O–H groups in total. The quantitative estimate of drug-likeness (QED) is 0.209. The number of benzene rings is 3. The normalized spacial score (nSPS) is 10.8. The molecule has 7 heteroatoms. The van der Waals surface area contributed by atoms with Gasteiger partial charge in [0.05, 0.1) is 30.9 Å². The molecule has 186 valence electrons. The van der Waals surface area contributed by atoms with E-state index in [0.717, 1.165) is 16.9 Å². The van der Waals surface area contributed by atoms with E-state index in [1.807, 2.05) is 61.7 Å². The van der Waals surface area contributed by atoms with Gasteiger partial charge in [-0.2, -0.15) is 0 Å². The van der Waals surface area contributed by atoms with Crippen LogP contribution in [0.2, 0.25) is 0 Å². The third-order valence-electron chi connectivity index (χ3n) is 5.66. The number of carbonyl (C=O) groups excluding carboxylic acids is 2. The van der Waals surface area contributed by atoms with Gasteiger partial charge in [-0.1, -0.05) is 18.2 Å². The molecule has 36 heavy (non-hydrogen) atoms. The number of esters is 2. The minimum absolute atomic E-state index is 0.253. The van der Waals surface area contributed by atoms with Crippen molar-refractivity contribution in [2.24, 2.45) is 0 Å². The molecule has 4 rings (SSSR count). The molecule has 0 saturated carbocycles. The van der Waals surface area contributed by atoms with E-state index in [1.54, 1.807) is 37.3 Å². The standard InChI is InChI=1S/C29H29NO6/c1-5-33-21-13-15-23(26(18-21)34-6-2)28(31)36-22-14-16-25-24(17-22)27(29(32)35-7-3)19(4)30(25)20-11-9-8-10-12-20/h8-18H,5-7H2,1-4H3. The summed E-state index contributed by atoms with van der Waals surface area (Å²) in [5, 5.41) is 0.636. The van der Waals surface area contributed by atoms with E-state index in [-0.39, 0.29) is 12.2 Å². The van der Waals surface area contributed by atoms with E-state index >= 15 is 0 Å². The van der Waals surface area contributed by atoms with Gasteiger partial charge < -0.3 is 23.5 Å². The molecule has 4 aromatic rings. The van der Waals surface area contributed by atoms with Gasteiger partial charge in [0.15, 0.2) is 0 Å². The Bertz CT molecular complexity index is 1390. The molecule has 1 heterocycles. The van der Waals surface area contributed by atoms with Crippen molar-refractivity contribution in [3.63, 3.8) is 0 Å². The Morgan fingerprint density at radius 3 is 2.19 bits per heavy atom. The second kappa shape index (κ2) is 11.0. The van der Waals surface area contributed by atoms with Gasteiger partial charge in [-0.25, -0.2) is 9.59 Å². The predicted octanol–water partition coefficient (Wildman–Crippen LogP) is 6.13. The zero-order valence-corrected chi connectivity index (χ0v) is 20.9. The largest absolute Gasteiger partial charge is 0.494 e. The molecule has 0 spiro atoms. The summed E-state index contributed by atoms with van der Waals surface area (Å²) >= 11 is 0. The van der Waals surface area contributed by atoms with Crippen LogP contribution in [0.3, 0.4) is 0 Å². The summed E-state index contributed by atoms with van der Waals surface area (Å²) < 4.78 is 24.2. The number of fused-ring (bicyclic) bond motifs is 1. The molecule has 0 aliphatic rings. The number of nitrogens with zero attached hydrogens (tertiary/aromatic N) is 1. The number of rotatable bonds is 9. The Kier molecular flexibility index (Phi) is 7.59. The number of ether oxygens (including phenoxy) is 4. The molecule has 0 aliphatic carbocycles. The summed E-state index contributed by atoms with van der Waals surface area (Å²) in [7, 11) is 0. The molecule has 0 fully saturated rings. The SMILES string of the molecule is CCOC(=O)c1c(C)n(-c2ccccc2)c2ccc(OC(=O)c3ccc(OCC)cc3OCC)cc12. The zero-order chi connectivity index (χ0) is 25.7. The van der Waals surface area contributed by atoms with Crippen LogP contribution in [-0.2, 0) is 4.74 Å². The minimum Gasteiger partial charge on any atom is -0.494 e. The first-order valence-electron chi connectivity index (χ1n) is 12.0. The second-order valence-corrected chi connectivity index (χ2v) is 7.94. The minimum atomic E-state index is -0.572. The fraction of sp³-hybridized carbons (Fsp3) is 0.241. The third-order valence-corrected chi connectivity index (χ3v) is 5.66. The molecule has 0 aliphatic heterocycles. The second-order valence-electron chi connectivity index (χ2n) is 7.94. The Balaban J connectivity index is 1.75. The van der Waals surface area contributed by atoms with Gasteiger partial charge in [0, 0.05) is 22.8 Å². The van der Waals surface area contributed by atoms with E-state index in [1.165, 1.54) is 0 Å². The van der Waals surface area contributed by atoms with E-state index in [0.29, 0.717) is 41.4 Å². The Morgan fingerprint density at radius 2 is 1.50 bits per heavy atom. The smallest absolute Gasteiger partial charge is 0.347 e. The maximum Gasteiger partial charge on any atom is 0.347 e. The number of aromatic nitrogens is 1. The highest BCUT2D eigenvalue weighted by atomic mass is 16.5. The maximum absolute atomic E-state index is 13.1. The van der Waals surface area contributed by atoms with Crippen molar-refractivity contribution in [2.75, 3.05) is 19.8 Å². The third kappa shape index (κ3) is 4.91. The lowest BCUT2D eigenvalue weighted by molar-refractivity contribution is 0.0527. The lowest BCUT2D eigenvalue weighted by atomic mass is 10.1. The first-order valence-corrected chi connectivity index (χ1v) is 12.0. The van der Waals surface area contributed by atoms with Crippen LogP contribution in [0.15, 0.2) is 66.7 Å². The molecule has 0 unspecified atom stereocenters. The molecule has 0 radical (unpaired) electrons. The molecular weight excluding hydrogens is 458 g/mol. The topological polar surface area (TPSA) is 76.0 Å². The van der Waals surface area contributed by atoms with Crippen LogP contribution in [0.5, 0.6) is 17.2 Å². The van der Waals surface area contributed by atoms with Crippen molar-refractivity contribution >= 4 is 22.8 Å². The number of para-hydroxylation sites is 1. The van der Waals surface area contributed by atoms with Crippen molar-refractivity contribution in [1.82, 2.24) is 4.57 Å². The van der Waals surface area contributed by atoms with Crippen molar-refractivity contribution in [3.8, 4) is 22.9 Å². The Hall–Kier alpha value is -4.26. The lowest BCUT2D eigenvalue weighted by Gasteiger charge is -2.12. The average molecular weight is 488 g/mol. The lowest BCUT2D eigenvalue weighted by Crippen LogP contribution is -2.11. The van der Waals surface area contributed by atoms with Gasteiger partial charge in [0.1, 0.15) is 22.8 Å². The van der Waals surface area contributed by atoms with E-state index in [4.69, 9.17) is 18.9 Å². The summed E-state index contributed by atoms with van der Waals surface area (Å²) in [5.41, 5.74) is 3.17. The average Bonchev–Trinajstić information content (AvgIpc) is 3.16. The van der Waals surface area contributed by atoms with Crippen molar-refractivity contribution in [3.05, 3.63) is 83.6 Å². The zero-order valence-electron chi connectivity index (χ0n) is 20.9. The fourth-order valence-electron chi connectivity index (χ4n) is 4.20. The monoisotopic (exact) mass is 487 g/mol. The van der Waals surface area contributed by atoms with Gasteiger partial charge in [-0.05, 0) is 70.2 Å². The molecule has 0 atom stereocenters. The van der Waals surface area contributed by atoms with Crippen LogP contribution in [0.25, 0.3) is 16.6 Å². The van der Waals surface area contributed by atoms with Crippen LogP contribution in [0.4, 0.5) is 0 Å². The molecule has 0 amide bonds. The molecule has 1 aromatic heterocycles. The summed E-state index contributed by atoms with van der Waals surface area (Å²) in [6.45, 7) is 8.51. The van der Waals surface area contributed by atoms with Crippen LogP contribution in [0, 0.1) is 6.92 Å².